The molecular formula is C24H29N3O4. The predicted octanol–water partition coefficient (Wildman–Crippen LogP) is 3.74. The standard InChI is InChI=1S/C24H29N3O4/c1-30-19-5-3-16(4-6-19)14-27-10-9-17(12-24(28)29)18(15-27)11-23-25-21-8-7-20(31-2)13-22(21)26-23/h3-8,13,17-18H,9-12,14-15H2,1-2H3,(H,25,26)(H,28,29)/t17-,18-/m0/s1. The highest BCUT2D eigenvalue weighted by molar-refractivity contribution is 5.76. The number of nitrogens with zero attached hydrogens (tertiary/aromatic N) is 2. The highest BCUT2D eigenvalue weighted by Gasteiger charge is 2.31. The fourth-order valence-electron chi connectivity index (χ4n) is 4.53. The summed E-state index contributed by atoms with van der Waals surface area (Å²) in [5.41, 5.74) is 3.07. The number of hydrogen-bond donors (Lipinski definition) is 2. The molecule has 1 aromatic heterocycles. The molecule has 2 atom stereocenters. The van der Waals surface area contributed by atoms with E-state index < -0.39 is 5.97 Å². The molecule has 0 aliphatic carbocycles. The number of aromatic amines is 1. The number of likely N-dealkylation sites (tertiary alicyclic amines) is 1. The fraction of sp³-hybridized carbons (Fsp3) is 0.417. The van der Waals surface area contributed by atoms with Crippen LogP contribution in [0.4, 0.5) is 0 Å². The first-order valence-electron chi connectivity index (χ1n) is 10.6. The minimum atomic E-state index is -0.729. The smallest absolute Gasteiger partial charge is 0.303 e. The Labute approximate surface area is 182 Å². The molecule has 1 aliphatic heterocycles. The Morgan fingerprint density at radius 2 is 1.87 bits per heavy atom. The van der Waals surface area contributed by atoms with Gasteiger partial charge in [0.05, 0.1) is 25.3 Å². The van der Waals surface area contributed by atoms with E-state index in [1.54, 1.807) is 14.2 Å². The minimum absolute atomic E-state index is 0.146. The molecule has 7 nitrogen and oxygen atoms in total. The third kappa shape index (κ3) is 5.17. The molecule has 2 heterocycles. The van der Waals surface area contributed by atoms with Crippen LogP contribution in [0, 0.1) is 11.8 Å². The average Bonchev–Trinajstić information content (AvgIpc) is 3.17. The van der Waals surface area contributed by atoms with Crippen LogP contribution in [0.1, 0.15) is 24.2 Å². The number of aromatic nitrogens is 2. The van der Waals surface area contributed by atoms with Crippen molar-refractivity contribution in [1.82, 2.24) is 14.9 Å². The van der Waals surface area contributed by atoms with Crippen molar-refractivity contribution in [3.8, 4) is 11.5 Å². The molecule has 0 saturated carbocycles. The Hall–Kier alpha value is -3.06. The van der Waals surface area contributed by atoms with E-state index in [2.05, 4.69) is 22.0 Å². The van der Waals surface area contributed by atoms with Gasteiger partial charge in [-0.25, -0.2) is 4.98 Å². The van der Waals surface area contributed by atoms with Crippen LogP contribution in [0.25, 0.3) is 11.0 Å². The first-order valence-corrected chi connectivity index (χ1v) is 10.6. The largest absolute Gasteiger partial charge is 0.497 e. The summed E-state index contributed by atoms with van der Waals surface area (Å²) in [7, 11) is 3.31. The molecule has 1 aliphatic rings. The molecule has 31 heavy (non-hydrogen) atoms. The van der Waals surface area contributed by atoms with Crippen molar-refractivity contribution in [2.24, 2.45) is 11.8 Å². The van der Waals surface area contributed by atoms with E-state index >= 15 is 0 Å². The van der Waals surface area contributed by atoms with Crippen LogP contribution in [0.5, 0.6) is 11.5 Å². The fourth-order valence-corrected chi connectivity index (χ4v) is 4.53. The zero-order valence-corrected chi connectivity index (χ0v) is 18.0. The number of carboxylic acids is 1. The maximum Gasteiger partial charge on any atom is 0.303 e. The molecule has 0 unspecified atom stereocenters. The second-order valence-corrected chi connectivity index (χ2v) is 8.26. The molecule has 0 bridgehead atoms. The monoisotopic (exact) mass is 423 g/mol. The van der Waals surface area contributed by atoms with E-state index in [-0.39, 0.29) is 18.3 Å². The summed E-state index contributed by atoms with van der Waals surface area (Å²) in [6.07, 6.45) is 1.81. The van der Waals surface area contributed by atoms with Crippen molar-refractivity contribution in [3.63, 3.8) is 0 Å². The number of piperidine rings is 1. The lowest BCUT2D eigenvalue weighted by Gasteiger charge is -2.38. The number of aliphatic carboxylic acids is 1. The molecule has 1 fully saturated rings. The quantitative estimate of drug-likeness (QED) is 0.574. The van der Waals surface area contributed by atoms with E-state index in [0.29, 0.717) is 0 Å². The van der Waals surface area contributed by atoms with Gasteiger partial charge < -0.3 is 19.6 Å². The Morgan fingerprint density at radius 1 is 1.13 bits per heavy atom. The topological polar surface area (TPSA) is 87.7 Å². The summed E-state index contributed by atoms with van der Waals surface area (Å²) >= 11 is 0. The summed E-state index contributed by atoms with van der Waals surface area (Å²) in [6, 6.07) is 13.9. The number of rotatable bonds is 8. The maximum absolute atomic E-state index is 11.4. The molecule has 0 spiro atoms. The van der Waals surface area contributed by atoms with Gasteiger partial charge >= 0.3 is 5.97 Å². The second-order valence-electron chi connectivity index (χ2n) is 8.26. The molecular weight excluding hydrogens is 394 g/mol. The SMILES string of the molecule is COc1ccc(CN2CC[C@@H](CC(=O)O)[C@@H](Cc3nc4ccc(OC)cc4[nH]3)C2)cc1. The third-order valence-corrected chi connectivity index (χ3v) is 6.17. The van der Waals surface area contributed by atoms with Crippen molar-refractivity contribution >= 4 is 17.0 Å². The van der Waals surface area contributed by atoms with Gasteiger partial charge in [-0.2, -0.15) is 0 Å². The van der Waals surface area contributed by atoms with Gasteiger partial charge in [0.2, 0.25) is 0 Å². The summed E-state index contributed by atoms with van der Waals surface area (Å²) in [5.74, 6) is 2.18. The molecule has 4 rings (SSSR count). The number of imidazole rings is 1. The molecule has 0 radical (unpaired) electrons. The van der Waals surface area contributed by atoms with Crippen LogP contribution in [0.3, 0.4) is 0 Å². The molecule has 1 saturated heterocycles. The van der Waals surface area contributed by atoms with E-state index in [0.717, 1.165) is 60.8 Å². The number of benzene rings is 2. The lowest BCUT2D eigenvalue weighted by atomic mass is 9.81. The number of carboxylic acid groups (broad SMARTS) is 1. The molecule has 0 amide bonds. The summed E-state index contributed by atoms with van der Waals surface area (Å²) < 4.78 is 10.5. The highest BCUT2D eigenvalue weighted by atomic mass is 16.5. The second kappa shape index (κ2) is 9.39. The Kier molecular flexibility index (Phi) is 6.42. The van der Waals surface area contributed by atoms with Crippen LogP contribution in [-0.2, 0) is 17.8 Å². The zero-order chi connectivity index (χ0) is 21.8. The van der Waals surface area contributed by atoms with Crippen LogP contribution >= 0.6 is 0 Å². The zero-order valence-electron chi connectivity index (χ0n) is 18.0. The number of hydrogen-bond acceptors (Lipinski definition) is 5. The van der Waals surface area contributed by atoms with Crippen molar-refractivity contribution in [2.45, 2.75) is 25.8 Å². The van der Waals surface area contributed by atoms with Gasteiger partial charge in [0.15, 0.2) is 0 Å². The molecule has 2 N–H and O–H groups in total. The average molecular weight is 424 g/mol. The van der Waals surface area contributed by atoms with Gasteiger partial charge in [-0.3, -0.25) is 9.69 Å². The van der Waals surface area contributed by atoms with E-state index in [9.17, 15) is 9.90 Å². The van der Waals surface area contributed by atoms with Crippen molar-refractivity contribution < 1.29 is 19.4 Å². The first-order chi connectivity index (χ1) is 15.0. The lowest BCUT2D eigenvalue weighted by molar-refractivity contribution is -0.139. The number of carbonyl (C=O) groups is 1. The molecule has 3 aromatic rings. The molecule has 164 valence electrons. The molecule has 7 heteroatoms. The van der Waals surface area contributed by atoms with Crippen LogP contribution in [0.2, 0.25) is 0 Å². The Balaban J connectivity index is 1.49. The lowest BCUT2D eigenvalue weighted by Crippen LogP contribution is -2.41. The first kappa shape index (κ1) is 21.2. The van der Waals surface area contributed by atoms with E-state index in [1.165, 1.54) is 5.56 Å². The number of fused-ring (bicyclic) bond motifs is 1. The van der Waals surface area contributed by atoms with Gasteiger partial charge in [0.25, 0.3) is 0 Å². The number of nitrogens with one attached hydrogen (secondary N) is 1. The number of ether oxygens (including phenoxy) is 2. The Bertz CT molecular complexity index is 1030. The Morgan fingerprint density at radius 3 is 2.58 bits per heavy atom. The van der Waals surface area contributed by atoms with Crippen LogP contribution in [-0.4, -0.2) is 53.3 Å². The normalized spacial score (nSPS) is 19.4. The molecule has 2 aromatic carbocycles. The number of H-pyrrole nitrogens is 1. The summed E-state index contributed by atoms with van der Waals surface area (Å²) in [5, 5.41) is 9.41. The van der Waals surface area contributed by atoms with Gasteiger partial charge in [0, 0.05) is 32.0 Å². The predicted molar refractivity (Wildman–Crippen MR) is 118 cm³/mol. The maximum atomic E-state index is 11.4. The minimum Gasteiger partial charge on any atom is -0.497 e. The number of methoxy groups -OCH3 is 2. The van der Waals surface area contributed by atoms with Gasteiger partial charge in [-0.15, -0.1) is 0 Å². The van der Waals surface area contributed by atoms with E-state index in [4.69, 9.17) is 14.5 Å². The third-order valence-electron chi connectivity index (χ3n) is 6.17. The summed E-state index contributed by atoms with van der Waals surface area (Å²) in [6.45, 7) is 2.60. The van der Waals surface area contributed by atoms with Gasteiger partial charge in [0.1, 0.15) is 17.3 Å². The van der Waals surface area contributed by atoms with Gasteiger partial charge in [-0.1, -0.05) is 12.1 Å². The van der Waals surface area contributed by atoms with Crippen molar-refractivity contribution in [2.75, 3.05) is 27.3 Å². The van der Waals surface area contributed by atoms with Crippen molar-refractivity contribution in [3.05, 3.63) is 53.9 Å². The highest BCUT2D eigenvalue weighted by Crippen LogP contribution is 2.31. The van der Waals surface area contributed by atoms with Crippen molar-refractivity contribution in [1.29, 1.82) is 0 Å². The van der Waals surface area contributed by atoms with Gasteiger partial charge in [-0.05, 0) is 54.6 Å². The van der Waals surface area contributed by atoms with Crippen LogP contribution in [0.15, 0.2) is 42.5 Å². The van der Waals surface area contributed by atoms with E-state index in [1.807, 2.05) is 30.3 Å². The summed E-state index contributed by atoms with van der Waals surface area (Å²) in [4.78, 5) is 22.0. The van der Waals surface area contributed by atoms with Crippen LogP contribution < -0.4 is 9.47 Å².